The van der Waals surface area contributed by atoms with Crippen LogP contribution < -0.4 is 0 Å². The molecule has 16 heavy (non-hydrogen) atoms. The Morgan fingerprint density at radius 3 is 2.19 bits per heavy atom. The van der Waals surface area contributed by atoms with Crippen molar-refractivity contribution in [2.24, 2.45) is 0 Å². The van der Waals surface area contributed by atoms with Crippen LogP contribution in [0.1, 0.15) is 25.7 Å². The van der Waals surface area contributed by atoms with Crippen molar-refractivity contribution in [2.45, 2.75) is 31.9 Å². The van der Waals surface area contributed by atoms with E-state index in [4.69, 9.17) is 0 Å². The first-order valence-corrected chi connectivity index (χ1v) is 5.63. The summed E-state index contributed by atoms with van der Waals surface area (Å²) in [5.41, 5.74) is 0.501. The summed E-state index contributed by atoms with van der Waals surface area (Å²) in [6, 6.07) is 0. The summed E-state index contributed by atoms with van der Waals surface area (Å²) in [5.74, 6) is 0. The summed E-state index contributed by atoms with van der Waals surface area (Å²) < 4.78 is 37.1. The maximum Gasteiger partial charge on any atom is 0.412 e. The Morgan fingerprint density at radius 1 is 1.00 bits per heavy atom. The molecule has 0 aromatic carbocycles. The van der Waals surface area contributed by atoms with Gasteiger partial charge < -0.3 is 4.90 Å². The molecule has 1 aliphatic carbocycles. The average Bonchev–Trinajstić information content (AvgIpc) is 2.29. The Labute approximate surface area is 93.6 Å². The topological polar surface area (TPSA) is 3.24 Å². The van der Waals surface area contributed by atoms with Crippen LogP contribution in [0.15, 0.2) is 23.4 Å². The van der Waals surface area contributed by atoms with E-state index in [0.717, 1.165) is 31.6 Å². The highest BCUT2D eigenvalue weighted by Gasteiger charge is 2.34. The highest BCUT2D eigenvalue weighted by atomic mass is 19.4. The molecule has 0 spiro atoms. The summed E-state index contributed by atoms with van der Waals surface area (Å²) in [6.45, 7) is 1.94. The number of halogens is 3. The van der Waals surface area contributed by atoms with Crippen molar-refractivity contribution in [1.82, 2.24) is 4.90 Å². The molecular weight excluding hydrogens is 215 g/mol. The maximum absolute atomic E-state index is 12.4. The molecule has 0 aromatic heterocycles. The Hall–Kier alpha value is -0.930. The summed E-state index contributed by atoms with van der Waals surface area (Å²) in [6.07, 6.45) is 3.83. The third kappa shape index (κ3) is 2.60. The lowest BCUT2D eigenvalue weighted by atomic mass is 10.00. The molecule has 1 aliphatic heterocycles. The van der Waals surface area contributed by atoms with E-state index in [1.807, 2.05) is 0 Å². The van der Waals surface area contributed by atoms with Crippen molar-refractivity contribution in [3.8, 4) is 0 Å². The van der Waals surface area contributed by atoms with Gasteiger partial charge in [0.1, 0.15) is 0 Å². The number of allylic oxidation sites excluding steroid dienone is 4. The smallest absolute Gasteiger partial charge is 0.375 e. The van der Waals surface area contributed by atoms with Crippen LogP contribution in [0.3, 0.4) is 0 Å². The first-order chi connectivity index (χ1) is 7.57. The fourth-order valence-electron chi connectivity index (χ4n) is 2.13. The molecule has 1 heterocycles. The molecule has 0 atom stereocenters. The van der Waals surface area contributed by atoms with Gasteiger partial charge in [0, 0.05) is 30.8 Å². The zero-order chi connectivity index (χ0) is 11.6. The van der Waals surface area contributed by atoms with Gasteiger partial charge in [0.15, 0.2) is 0 Å². The zero-order valence-corrected chi connectivity index (χ0v) is 9.06. The molecule has 1 radical (unpaired) electrons. The molecule has 2 rings (SSSR count). The van der Waals surface area contributed by atoms with Gasteiger partial charge in [-0.15, -0.1) is 0 Å². The molecule has 89 valence electrons. The normalized spacial score (nSPS) is 22.8. The molecule has 0 bridgehead atoms. The third-order valence-corrected chi connectivity index (χ3v) is 3.07. The second-order valence-corrected chi connectivity index (χ2v) is 4.24. The lowest BCUT2D eigenvalue weighted by Gasteiger charge is -2.32. The van der Waals surface area contributed by atoms with Crippen LogP contribution in [0.2, 0.25) is 0 Å². The largest absolute Gasteiger partial charge is 0.412 e. The molecule has 0 amide bonds. The number of hydrogen-bond acceptors (Lipinski definition) is 1. The van der Waals surface area contributed by atoms with Crippen molar-refractivity contribution < 1.29 is 13.2 Å². The Balaban J connectivity index is 2.03. The predicted molar refractivity (Wildman–Crippen MR) is 56.6 cm³/mol. The van der Waals surface area contributed by atoms with E-state index in [1.54, 1.807) is 12.5 Å². The van der Waals surface area contributed by atoms with Gasteiger partial charge in [-0.25, -0.2) is 0 Å². The van der Waals surface area contributed by atoms with Gasteiger partial charge in [0.25, 0.3) is 0 Å². The number of nitrogens with zero attached hydrogens (tertiary/aromatic N) is 1. The van der Waals surface area contributed by atoms with Gasteiger partial charge >= 0.3 is 6.18 Å². The van der Waals surface area contributed by atoms with Gasteiger partial charge in [0.05, 0.1) is 0 Å². The van der Waals surface area contributed by atoms with Crippen LogP contribution in [-0.4, -0.2) is 24.2 Å². The SMILES string of the molecule is FC(F)(F)C1=CC=C(N2CCCCC2)[CH]C1. The predicted octanol–water partition coefficient (Wildman–Crippen LogP) is 3.45. The summed E-state index contributed by atoms with van der Waals surface area (Å²) >= 11 is 0. The lowest BCUT2D eigenvalue weighted by Crippen LogP contribution is -2.30. The molecule has 1 fully saturated rings. The van der Waals surface area contributed by atoms with Crippen LogP contribution in [0.5, 0.6) is 0 Å². The highest BCUT2D eigenvalue weighted by molar-refractivity contribution is 5.32. The minimum Gasteiger partial charge on any atom is -0.375 e. The van der Waals surface area contributed by atoms with Crippen molar-refractivity contribution in [3.05, 3.63) is 29.8 Å². The van der Waals surface area contributed by atoms with Gasteiger partial charge in [-0.1, -0.05) is 6.08 Å². The minimum atomic E-state index is -4.18. The second kappa shape index (κ2) is 4.52. The number of hydrogen-bond donors (Lipinski definition) is 0. The number of alkyl halides is 3. The fraction of sp³-hybridized carbons (Fsp3) is 0.583. The molecular formula is C12H15F3N. The van der Waals surface area contributed by atoms with Crippen LogP contribution in [0.25, 0.3) is 0 Å². The fourth-order valence-corrected chi connectivity index (χ4v) is 2.13. The molecule has 1 nitrogen and oxygen atoms in total. The van der Waals surface area contributed by atoms with Crippen molar-refractivity contribution in [2.75, 3.05) is 13.1 Å². The van der Waals surface area contributed by atoms with E-state index in [-0.39, 0.29) is 6.42 Å². The Kier molecular flexibility index (Phi) is 3.26. The summed E-state index contributed by atoms with van der Waals surface area (Å²) in [7, 11) is 0. The lowest BCUT2D eigenvalue weighted by molar-refractivity contribution is -0.0933. The molecule has 0 N–H and O–H groups in total. The van der Waals surface area contributed by atoms with Gasteiger partial charge in [0.2, 0.25) is 0 Å². The van der Waals surface area contributed by atoms with Gasteiger partial charge in [-0.2, -0.15) is 13.2 Å². The highest BCUT2D eigenvalue weighted by Crippen LogP contribution is 2.33. The van der Waals surface area contributed by atoms with Crippen molar-refractivity contribution in [3.63, 3.8) is 0 Å². The van der Waals surface area contributed by atoms with Crippen LogP contribution in [0.4, 0.5) is 13.2 Å². The standard InChI is InChI=1S/C12H15F3N/c13-12(14,15)10-4-6-11(7-5-10)16-8-2-1-3-9-16/h4,6-7H,1-3,5,8-9H2. The first kappa shape index (κ1) is 11.6. The summed E-state index contributed by atoms with van der Waals surface area (Å²) in [5, 5.41) is 0. The molecule has 2 aliphatic rings. The molecule has 1 saturated heterocycles. The van der Waals surface area contributed by atoms with Crippen LogP contribution >= 0.6 is 0 Å². The quantitative estimate of drug-likeness (QED) is 0.666. The van der Waals surface area contributed by atoms with E-state index in [1.165, 1.54) is 12.5 Å². The van der Waals surface area contributed by atoms with Crippen molar-refractivity contribution >= 4 is 0 Å². The third-order valence-electron chi connectivity index (χ3n) is 3.07. The van der Waals surface area contributed by atoms with Gasteiger partial charge in [-0.3, -0.25) is 0 Å². The van der Waals surface area contributed by atoms with E-state index >= 15 is 0 Å². The number of likely N-dealkylation sites (tertiary alicyclic amines) is 1. The number of rotatable bonds is 1. The monoisotopic (exact) mass is 230 g/mol. The molecule has 0 unspecified atom stereocenters. The Bertz CT molecular complexity index is 309. The second-order valence-electron chi connectivity index (χ2n) is 4.24. The van der Waals surface area contributed by atoms with E-state index in [2.05, 4.69) is 4.90 Å². The minimum absolute atomic E-state index is 0.00579. The zero-order valence-electron chi connectivity index (χ0n) is 9.06. The van der Waals surface area contributed by atoms with Crippen molar-refractivity contribution in [1.29, 1.82) is 0 Å². The average molecular weight is 230 g/mol. The first-order valence-electron chi connectivity index (χ1n) is 5.63. The maximum atomic E-state index is 12.4. The van der Waals surface area contributed by atoms with Crippen LogP contribution in [-0.2, 0) is 0 Å². The summed E-state index contributed by atoms with van der Waals surface area (Å²) in [4.78, 5) is 2.17. The van der Waals surface area contributed by atoms with Crippen LogP contribution in [0, 0.1) is 6.42 Å². The van der Waals surface area contributed by atoms with Gasteiger partial charge in [-0.05, 0) is 31.8 Å². The van der Waals surface area contributed by atoms with E-state index in [0.29, 0.717) is 0 Å². The molecule has 0 aromatic rings. The molecule has 0 saturated carbocycles. The van der Waals surface area contributed by atoms with E-state index < -0.39 is 11.7 Å². The number of piperidine rings is 1. The Morgan fingerprint density at radius 2 is 1.69 bits per heavy atom. The molecule has 4 heteroatoms. The van der Waals surface area contributed by atoms with E-state index in [9.17, 15) is 13.2 Å².